The summed E-state index contributed by atoms with van der Waals surface area (Å²) in [7, 11) is 0. The molecule has 112 valence electrons. The second-order valence-corrected chi connectivity index (χ2v) is 5.36. The van der Waals surface area contributed by atoms with Gasteiger partial charge in [-0.3, -0.25) is 10.1 Å². The zero-order valence-electron chi connectivity index (χ0n) is 11.6. The average Bonchev–Trinajstić information content (AvgIpc) is 3.17. The molecule has 2 heterocycles. The summed E-state index contributed by atoms with van der Waals surface area (Å²) >= 11 is 1.56. The van der Waals surface area contributed by atoms with E-state index in [-0.39, 0.29) is 5.69 Å². The van der Waals surface area contributed by atoms with Crippen LogP contribution < -0.4 is 5.32 Å². The van der Waals surface area contributed by atoms with Crippen molar-refractivity contribution in [3.63, 3.8) is 0 Å². The van der Waals surface area contributed by atoms with Crippen LogP contribution in [-0.2, 0) is 6.54 Å². The van der Waals surface area contributed by atoms with Crippen LogP contribution in [0.2, 0.25) is 0 Å². The first-order chi connectivity index (χ1) is 10.6. The van der Waals surface area contributed by atoms with E-state index in [0.29, 0.717) is 29.5 Å². The number of nitro benzene ring substituents is 1. The fraction of sp³-hybridized carbons (Fsp3) is 0.143. The fourth-order valence-corrected chi connectivity index (χ4v) is 2.65. The third-order valence-corrected chi connectivity index (χ3v) is 3.86. The molecular formula is C14H12N4O3S. The molecule has 0 amide bonds. The molecule has 0 saturated carbocycles. The van der Waals surface area contributed by atoms with Crippen molar-refractivity contribution in [1.82, 2.24) is 10.1 Å². The highest BCUT2D eigenvalue weighted by Crippen LogP contribution is 2.25. The Morgan fingerprint density at radius 3 is 3.00 bits per heavy atom. The van der Waals surface area contributed by atoms with Gasteiger partial charge >= 0.3 is 0 Å². The molecule has 3 rings (SSSR count). The van der Waals surface area contributed by atoms with Gasteiger partial charge in [0, 0.05) is 28.3 Å². The molecular weight excluding hydrogens is 304 g/mol. The van der Waals surface area contributed by atoms with E-state index in [1.54, 1.807) is 30.4 Å². The summed E-state index contributed by atoms with van der Waals surface area (Å²) in [6.45, 7) is 2.00. The summed E-state index contributed by atoms with van der Waals surface area (Å²) in [5.74, 6) is 0.959. The summed E-state index contributed by atoms with van der Waals surface area (Å²) in [4.78, 5) is 14.8. The molecule has 0 saturated heterocycles. The van der Waals surface area contributed by atoms with Crippen molar-refractivity contribution in [3.05, 3.63) is 56.6 Å². The Bertz CT molecular complexity index is 798. The quantitative estimate of drug-likeness (QED) is 0.570. The van der Waals surface area contributed by atoms with Gasteiger partial charge in [0.1, 0.15) is 0 Å². The molecule has 22 heavy (non-hydrogen) atoms. The van der Waals surface area contributed by atoms with Crippen LogP contribution in [0.5, 0.6) is 0 Å². The Balaban J connectivity index is 1.73. The second kappa shape index (κ2) is 5.94. The van der Waals surface area contributed by atoms with Crippen LogP contribution in [0, 0.1) is 17.0 Å². The van der Waals surface area contributed by atoms with Gasteiger partial charge in [-0.25, -0.2) is 0 Å². The maximum atomic E-state index is 10.9. The number of aromatic nitrogens is 2. The van der Waals surface area contributed by atoms with Gasteiger partial charge in [0.2, 0.25) is 11.7 Å². The van der Waals surface area contributed by atoms with E-state index in [1.807, 2.05) is 16.8 Å². The van der Waals surface area contributed by atoms with Gasteiger partial charge in [0.05, 0.1) is 11.5 Å². The normalized spacial score (nSPS) is 10.6. The molecule has 0 spiro atoms. The summed E-state index contributed by atoms with van der Waals surface area (Å²) in [5.41, 5.74) is 2.23. The first-order valence-corrected chi connectivity index (χ1v) is 7.42. The number of anilines is 1. The Kier molecular flexibility index (Phi) is 3.84. The third kappa shape index (κ3) is 2.82. The van der Waals surface area contributed by atoms with Crippen LogP contribution in [0.4, 0.5) is 11.4 Å². The van der Waals surface area contributed by atoms with Crippen molar-refractivity contribution in [2.45, 2.75) is 13.5 Å². The molecule has 0 aliphatic heterocycles. The van der Waals surface area contributed by atoms with Crippen LogP contribution in [0.25, 0.3) is 11.4 Å². The second-order valence-electron chi connectivity index (χ2n) is 4.58. The van der Waals surface area contributed by atoms with Gasteiger partial charge in [0.15, 0.2) is 0 Å². The van der Waals surface area contributed by atoms with Gasteiger partial charge in [-0.15, -0.1) is 0 Å². The summed E-state index contributed by atoms with van der Waals surface area (Å²) in [6.07, 6.45) is 0. The highest BCUT2D eigenvalue weighted by molar-refractivity contribution is 7.08. The number of hydrogen-bond acceptors (Lipinski definition) is 7. The molecule has 0 radical (unpaired) electrons. The monoisotopic (exact) mass is 316 g/mol. The van der Waals surface area contributed by atoms with Crippen LogP contribution in [0.1, 0.15) is 11.5 Å². The minimum absolute atomic E-state index is 0.0782. The average molecular weight is 316 g/mol. The standard InChI is InChI=1S/C14H12N4O3S/c1-9-11(3-2-4-12(9)18(19)20)15-7-13-16-14(17-21-13)10-5-6-22-8-10/h2-6,8,15H,7H2,1H3. The largest absolute Gasteiger partial charge is 0.376 e. The minimum Gasteiger partial charge on any atom is -0.376 e. The summed E-state index contributed by atoms with van der Waals surface area (Å²) < 4.78 is 5.17. The van der Waals surface area contributed by atoms with E-state index in [0.717, 1.165) is 5.56 Å². The number of hydrogen-bond donors (Lipinski definition) is 1. The SMILES string of the molecule is Cc1c(NCc2nc(-c3ccsc3)no2)cccc1[N+](=O)[O-]. The lowest BCUT2D eigenvalue weighted by Gasteiger charge is -2.07. The van der Waals surface area contributed by atoms with Crippen LogP contribution in [0.3, 0.4) is 0 Å². The maximum absolute atomic E-state index is 10.9. The van der Waals surface area contributed by atoms with E-state index < -0.39 is 4.92 Å². The van der Waals surface area contributed by atoms with Crippen molar-refractivity contribution in [2.75, 3.05) is 5.32 Å². The lowest BCUT2D eigenvalue weighted by molar-refractivity contribution is -0.385. The zero-order chi connectivity index (χ0) is 15.5. The van der Waals surface area contributed by atoms with E-state index in [1.165, 1.54) is 6.07 Å². The predicted molar refractivity (Wildman–Crippen MR) is 82.8 cm³/mol. The van der Waals surface area contributed by atoms with E-state index in [9.17, 15) is 10.1 Å². The number of benzene rings is 1. The Morgan fingerprint density at radius 2 is 2.27 bits per heavy atom. The molecule has 0 unspecified atom stereocenters. The number of thiophene rings is 1. The van der Waals surface area contributed by atoms with Crippen molar-refractivity contribution < 1.29 is 9.45 Å². The van der Waals surface area contributed by atoms with Gasteiger partial charge in [0.25, 0.3) is 5.69 Å². The Labute approximate surface area is 129 Å². The van der Waals surface area contributed by atoms with Crippen molar-refractivity contribution in [1.29, 1.82) is 0 Å². The Hall–Kier alpha value is -2.74. The van der Waals surface area contributed by atoms with Crippen molar-refractivity contribution >= 4 is 22.7 Å². The third-order valence-electron chi connectivity index (χ3n) is 3.18. The molecule has 7 nitrogen and oxygen atoms in total. The minimum atomic E-state index is -0.401. The number of rotatable bonds is 5. The highest BCUT2D eigenvalue weighted by atomic mass is 32.1. The number of nitro groups is 1. The fourth-order valence-electron chi connectivity index (χ4n) is 2.02. The van der Waals surface area contributed by atoms with Crippen LogP contribution in [-0.4, -0.2) is 15.1 Å². The van der Waals surface area contributed by atoms with E-state index >= 15 is 0 Å². The summed E-state index contributed by atoms with van der Waals surface area (Å²) in [5, 5.41) is 21.8. The van der Waals surface area contributed by atoms with Gasteiger partial charge in [-0.05, 0) is 24.4 Å². The van der Waals surface area contributed by atoms with Crippen LogP contribution in [0.15, 0.2) is 39.5 Å². The summed E-state index contributed by atoms with van der Waals surface area (Å²) in [6, 6.07) is 6.80. The molecule has 3 aromatic rings. The molecule has 0 atom stereocenters. The molecule has 0 aliphatic rings. The Morgan fingerprint density at radius 1 is 1.41 bits per heavy atom. The van der Waals surface area contributed by atoms with Crippen molar-refractivity contribution in [2.24, 2.45) is 0 Å². The molecule has 8 heteroatoms. The number of nitrogens with one attached hydrogen (secondary N) is 1. The zero-order valence-corrected chi connectivity index (χ0v) is 12.5. The van der Waals surface area contributed by atoms with Gasteiger partial charge in [-0.1, -0.05) is 11.2 Å². The lowest BCUT2D eigenvalue weighted by atomic mass is 10.1. The van der Waals surface area contributed by atoms with Crippen molar-refractivity contribution in [3.8, 4) is 11.4 Å². The first-order valence-electron chi connectivity index (χ1n) is 6.48. The van der Waals surface area contributed by atoms with Gasteiger partial charge in [-0.2, -0.15) is 16.3 Å². The van der Waals surface area contributed by atoms with Crippen LogP contribution >= 0.6 is 11.3 Å². The van der Waals surface area contributed by atoms with E-state index in [4.69, 9.17) is 4.52 Å². The predicted octanol–water partition coefficient (Wildman–Crippen LogP) is 3.63. The molecule has 1 aromatic carbocycles. The van der Waals surface area contributed by atoms with E-state index in [2.05, 4.69) is 15.5 Å². The highest BCUT2D eigenvalue weighted by Gasteiger charge is 2.14. The molecule has 1 N–H and O–H groups in total. The van der Waals surface area contributed by atoms with Gasteiger partial charge < -0.3 is 9.84 Å². The molecule has 0 aliphatic carbocycles. The topological polar surface area (TPSA) is 94.1 Å². The maximum Gasteiger partial charge on any atom is 0.274 e. The lowest BCUT2D eigenvalue weighted by Crippen LogP contribution is -2.03. The molecule has 0 fully saturated rings. The molecule has 0 bridgehead atoms. The molecule has 2 aromatic heterocycles. The smallest absolute Gasteiger partial charge is 0.274 e. The number of nitrogens with zero attached hydrogens (tertiary/aromatic N) is 3. The first kappa shape index (κ1) is 14.2.